The Labute approximate surface area is 207 Å². The second kappa shape index (κ2) is 9.96. The minimum Gasteiger partial charge on any atom is -0.494 e. The third-order valence-corrected chi connectivity index (χ3v) is 7.43. The number of hydrogen-bond acceptors (Lipinski definition) is 8. The molecule has 34 heavy (non-hydrogen) atoms. The molecule has 0 amide bonds. The Morgan fingerprint density at radius 1 is 1.12 bits per heavy atom. The van der Waals surface area contributed by atoms with Crippen LogP contribution in [0.5, 0.6) is 5.75 Å². The Morgan fingerprint density at radius 3 is 2.44 bits per heavy atom. The molecule has 11 heteroatoms. The van der Waals surface area contributed by atoms with E-state index in [1.807, 2.05) is 31.2 Å². The van der Waals surface area contributed by atoms with Gasteiger partial charge in [-0.2, -0.15) is 0 Å². The maximum absolute atomic E-state index is 13.7. The average molecular weight is 518 g/mol. The SMILES string of the molecule is CCOc1ccc(-n2c(=S)sc3c(=O)n(-c4ccc(F)cc4)c(SCC4OCCO4)nc32)cc1. The Balaban J connectivity index is 1.66. The van der Waals surface area contributed by atoms with Gasteiger partial charge in [0.25, 0.3) is 5.56 Å². The van der Waals surface area contributed by atoms with Crippen LogP contribution >= 0.6 is 35.3 Å². The largest absolute Gasteiger partial charge is 0.494 e. The fourth-order valence-electron chi connectivity index (χ4n) is 3.58. The predicted octanol–water partition coefficient (Wildman–Crippen LogP) is 4.97. The predicted molar refractivity (Wildman–Crippen MR) is 133 cm³/mol. The van der Waals surface area contributed by atoms with Crippen LogP contribution < -0.4 is 10.3 Å². The standard InChI is InChI=1S/C23H20FN3O4S3/c1-2-29-17-9-7-15(8-10-17)26-20-19(34-23(26)32)21(28)27(16-5-3-14(24)4-6-16)22(25-20)33-13-18-30-11-12-31-18/h3-10,18H,2,11-13H2,1H3. The summed E-state index contributed by atoms with van der Waals surface area (Å²) < 4.78 is 34.4. The van der Waals surface area contributed by atoms with Gasteiger partial charge in [-0.25, -0.2) is 9.37 Å². The molecule has 5 rings (SSSR count). The molecule has 0 unspecified atom stereocenters. The second-order valence-electron chi connectivity index (χ2n) is 7.28. The number of thiazole rings is 1. The number of ether oxygens (including phenoxy) is 3. The van der Waals surface area contributed by atoms with E-state index in [2.05, 4.69) is 0 Å². The highest BCUT2D eigenvalue weighted by molar-refractivity contribution is 7.99. The molecule has 1 aliphatic heterocycles. The van der Waals surface area contributed by atoms with Crippen molar-refractivity contribution in [1.82, 2.24) is 14.1 Å². The lowest BCUT2D eigenvalue weighted by Gasteiger charge is -2.14. The Morgan fingerprint density at radius 2 is 1.76 bits per heavy atom. The lowest BCUT2D eigenvalue weighted by molar-refractivity contribution is -0.0215. The van der Waals surface area contributed by atoms with Crippen molar-refractivity contribution in [1.29, 1.82) is 0 Å². The highest BCUT2D eigenvalue weighted by atomic mass is 32.2. The molecule has 4 aromatic rings. The molecule has 0 N–H and O–H groups in total. The van der Waals surface area contributed by atoms with E-state index in [1.54, 1.807) is 16.7 Å². The van der Waals surface area contributed by atoms with Crippen LogP contribution in [-0.2, 0) is 9.47 Å². The minimum atomic E-state index is -0.384. The normalized spacial score (nSPS) is 14.2. The lowest BCUT2D eigenvalue weighted by Crippen LogP contribution is -2.22. The molecule has 3 heterocycles. The van der Waals surface area contributed by atoms with Gasteiger partial charge in [-0.1, -0.05) is 23.1 Å². The van der Waals surface area contributed by atoms with E-state index in [1.165, 1.54) is 39.8 Å². The molecule has 2 aromatic heterocycles. The molecule has 7 nitrogen and oxygen atoms in total. The van der Waals surface area contributed by atoms with E-state index in [4.69, 9.17) is 31.4 Å². The van der Waals surface area contributed by atoms with Crippen LogP contribution in [0, 0.1) is 9.77 Å². The van der Waals surface area contributed by atoms with Crippen LogP contribution in [0.3, 0.4) is 0 Å². The topological polar surface area (TPSA) is 67.5 Å². The number of hydrogen-bond donors (Lipinski definition) is 0. The average Bonchev–Trinajstić information content (AvgIpc) is 3.47. The summed E-state index contributed by atoms with van der Waals surface area (Å²) in [7, 11) is 0. The summed E-state index contributed by atoms with van der Waals surface area (Å²) in [5.41, 5.74) is 1.50. The number of nitrogens with zero attached hydrogens (tertiary/aromatic N) is 3. The monoisotopic (exact) mass is 517 g/mol. The van der Waals surface area contributed by atoms with E-state index >= 15 is 0 Å². The van der Waals surface area contributed by atoms with Crippen LogP contribution in [0.25, 0.3) is 21.7 Å². The smallest absolute Gasteiger partial charge is 0.278 e. The zero-order valence-electron chi connectivity index (χ0n) is 18.1. The fourth-order valence-corrected chi connectivity index (χ4v) is 5.83. The van der Waals surface area contributed by atoms with Crippen molar-refractivity contribution in [2.45, 2.75) is 18.4 Å². The summed E-state index contributed by atoms with van der Waals surface area (Å²) in [5, 5.41) is 0.440. The summed E-state index contributed by atoms with van der Waals surface area (Å²) in [6.07, 6.45) is -0.380. The van der Waals surface area contributed by atoms with Crippen molar-refractivity contribution in [3.8, 4) is 17.1 Å². The van der Waals surface area contributed by atoms with E-state index < -0.39 is 0 Å². The molecule has 0 saturated carbocycles. The summed E-state index contributed by atoms with van der Waals surface area (Å²) in [5.74, 6) is 0.814. The van der Waals surface area contributed by atoms with Crippen LogP contribution in [0.4, 0.5) is 4.39 Å². The zero-order valence-corrected chi connectivity index (χ0v) is 20.6. The minimum absolute atomic E-state index is 0.270. The van der Waals surface area contributed by atoms with Gasteiger partial charge in [-0.3, -0.25) is 13.9 Å². The van der Waals surface area contributed by atoms with Crippen molar-refractivity contribution in [3.05, 3.63) is 68.7 Å². The van der Waals surface area contributed by atoms with Crippen molar-refractivity contribution < 1.29 is 18.6 Å². The van der Waals surface area contributed by atoms with Crippen molar-refractivity contribution in [2.24, 2.45) is 0 Å². The van der Waals surface area contributed by atoms with Crippen LogP contribution in [-0.4, -0.2) is 46.0 Å². The van der Waals surface area contributed by atoms with Crippen LogP contribution in [0.1, 0.15) is 6.92 Å². The van der Waals surface area contributed by atoms with Crippen molar-refractivity contribution >= 4 is 45.7 Å². The number of aromatic nitrogens is 3. The first-order chi connectivity index (χ1) is 16.5. The van der Waals surface area contributed by atoms with E-state index in [-0.39, 0.29) is 17.7 Å². The maximum Gasteiger partial charge on any atom is 0.278 e. The number of fused-ring (bicyclic) bond motifs is 1. The van der Waals surface area contributed by atoms with Crippen LogP contribution in [0.15, 0.2) is 58.5 Å². The summed E-state index contributed by atoms with van der Waals surface area (Å²) >= 11 is 8.15. The Bertz CT molecular complexity index is 1430. The van der Waals surface area contributed by atoms with Gasteiger partial charge in [0.1, 0.15) is 16.3 Å². The molecular formula is C23H20FN3O4S3. The summed E-state index contributed by atoms with van der Waals surface area (Å²) in [6.45, 7) is 3.56. The maximum atomic E-state index is 13.7. The fraction of sp³-hybridized carbons (Fsp3) is 0.261. The van der Waals surface area contributed by atoms with E-state index in [9.17, 15) is 9.18 Å². The second-order valence-corrected chi connectivity index (χ2v) is 9.91. The van der Waals surface area contributed by atoms with Gasteiger partial charge in [0.15, 0.2) is 21.0 Å². The molecule has 1 aliphatic rings. The molecule has 2 aromatic carbocycles. The molecule has 0 bridgehead atoms. The summed E-state index contributed by atoms with van der Waals surface area (Å²) in [4.78, 5) is 18.5. The number of benzene rings is 2. The van der Waals surface area contributed by atoms with Gasteiger partial charge >= 0.3 is 0 Å². The molecule has 1 saturated heterocycles. The Kier molecular flexibility index (Phi) is 6.79. The Hall–Kier alpha value is -2.57. The van der Waals surface area contributed by atoms with Gasteiger partial charge in [-0.15, -0.1) is 0 Å². The van der Waals surface area contributed by atoms with Gasteiger partial charge in [0.2, 0.25) is 0 Å². The quantitative estimate of drug-likeness (QED) is 0.195. The third-order valence-electron chi connectivity index (χ3n) is 5.11. The van der Waals surface area contributed by atoms with Crippen molar-refractivity contribution in [2.75, 3.05) is 25.6 Å². The third kappa shape index (κ3) is 4.53. The van der Waals surface area contributed by atoms with Gasteiger partial charge in [-0.05, 0) is 67.7 Å². The van der Waals surface area contributed by atoms with Crippen LogP contribution in [0.2, 0.25) is 0 Å². The van der Waals surface area contributed by atoms with E-state index in [0.717, 1.165) is 11.4 Å². The molecule has 0 atom stereocenters. The van der Waals surface area contributed by atoms with Crippen molar-refractivity contribution in [3.63, 3.8) is 0 Å². The number of halogens is 1. The highest BCUT2D eigenvalue weighted by Crippen LogP contribution is 2.29. The molecule has 176 valence electrons. The molecule has 0 radical (unpaired) electrons. The number of thioether (sulfide) groups is 1. The first-order valence-electron chi connectivity index (χ1n) is 10.6. The highest BCUT2D eigenvalue weighted by Gasteiger charge is 2.22. The van der Waals surface area contributed by atoms with E-state index in [0.29, 0.717) is 50.7 Å². The summed E-state index contributed by atoms with van der Waals surface area (Å²) in [6, 6.07) is 13.2. The lowest BCUT2D eigenvalue weighted by atomic mass is 10.3. The molecule has 0 spiro atoms. The van der Waals surface area contributed by atoms with Gasteiger partial charge in [0.05, 0.1) is 31.3 Å². The molecule has 0 aliphatic carbocycles. The first kappa shape index (κ1) is 23.2. The molecule has 1 fully saturated rings. The number of rotatable bonds is 7. The first-order valence-corrected chi connectivity index (χ1v) is 12.8. The van der Waals surface area contributed by atoms with Gasteiger partial charge in [0, 0.05) is 5.69 Å². The van der Waals surface area contributed by atoms with Gasteiger partial charge < -0.3 is 14.2 Å². The zero-order chi connectivity index (χ0) is 23.7. The molecular weight excluding hydrogens is 497 g/mol.